The molecule has 0 aliphatic rings. The van der Waals surface area contributed by atoms with Gasteiger partial charge in [0.15, 0.2) is 6.61 Å². The first-order valence-corrected chi connectivity index (χ1v) is 10.5. The van der Waals surface area contributed by atoms with Crippen molar-refractivity contribution in [2.45, 2.75) is 52.7 Å². The summed E-state index contributed by atoms with van der Waals surface area (Å²) >= 11 is 12.1. The summed E-state index contributed by atoms with van der Waals surface area (Å²) in [5.41, 5.74) is 1.39. The summed E-state index contributed by atoms with van der Waals surface area (Å²) in [6, 6.07) is 11.9. The summed E-state index contributed by atoms with van der Waals surface area (Å²) < 4.78 is 5.67. The fraction of sp³-hybridized carbons (Fsp3) is 0.391. The molecule has 0 bridgehead atoms. The average molecular weight is 451 g/mol. The lowest BCUT2D eigenvalue weighted by atomic mass is 10.1. The molecule has 1 N–H and O–H groups in total. The van der Waals surface area contributed by atoms with Crippen molar-refractivity contribution in [1.29, 1.82) is 0 Å². The van der Waals surface area contributed by atoms with Gasteiger partial charge in [0.25, 0.3) is 5.91 Å². The van der Waals surface area contributed by atoms with E-state index in [1.54, 1.807) is 31.2 Å². The highest BCUT2D eigenvalue weighted by Gasteiger charge is 2.28. The van der Waals surface area contributed by atoms with Gasteiger partial charge >= 0.3 is 0 Å². The van der Waals surface area contributed by atoms with Crippen molar-refractivity contribution in [2.24, 2.45) is 0 Å². The second kappa shape index (κ2) is 10.2. The minimum absolute atomic E-state index is 0.183. The predicted molar refractivity (Wildman–Crippen MR) is 121 cm³/mol. The lowest BCUT2D eigenvalue weighted by Gasteiger charge is -2.31. The smallest absolute Gasteiger partial charge is 0.261 e. The highest BCUT2D eigenvalue weighted by atomic mass is 35.5. The Hall–Kier alpha value is -2.24. The number of nitrogens with zero attached hydrogens (tertiary/aromatic N) is 1. The number of carbonyl (C=O) groups excluding carboxylic acids is 2. The van der Waals surface area contributed by atoms with Crippen molar-refractivity contribution in [3.05, 3.63) is 63.6 Å². The van der Waals surface area contributed by atoms with Crippen LogP contribution >= 0.6 is 23.2 Å². The Morgan fingerprint density at radius 2 is 1.80 bits per heavy atom. The molecule has 2 rings (SSSR count). The Morgan fingerprint density at radius 1 is 1.10 bits per heavy atom. The SMILES string of the molecule is Cc1cccc(OCC(=O)N(Cc2ccc(Cl)c(Cl)c2)[C@H](C)C(=O)NC(C)(C)C)c1. The van der Waals surface area contributed by atoms with Crippen LogP contribution in [0.4, 0.5) is 0 Å². The van der Waals surface area contributed by atoms with E-state index >= 15 is 0 Å². The number of carbonyl (C=O) groups is 2. The van der Waals surface area contributed by atoms with Crippen LogP contribution in [0, 0.1) is 6.92 Å². The molecule has 1 atom stereocenters. The van der Waals surface area contributed by atoms with Crippen LogP contribution in [0.3, 0.4) is 0 Å². The van der Waals surface area contributed by atoms with Crippen LogP contribution in [0.5, 0.6) is 5.75 Å². The minimum Gasteiger partial charge on any atom is -0.484 e. The zero-order chi connectivity index (χ0) is 22.5. The summed E-state index contributed by atoms with van der Waals surface area (Å²) in [5, 5.41) is 3.74. The molecule has 2 amide bonds. The Bertz CT molecular complexity index is 910. The van der Waals surface area contributed by atoms with Gasteiger partial charge in [-0.1, -0.05) is 41.4 Å². The third-order valence-electron chi connectivity index (χ3n) is 4.35. The van der Waals surface area contributed by atoms with Gasteiger partial charge in [0.2, 0.25) is 5.91 Å². The normalized spacial score (nSPS) is 12.2. The molecule has 0 spiro atoms. The number of halogens is 2. The van der Waals surface area contributed by atoms with E-state index in [0.29, 0.717) is 15.8 Å². The number of ether oxygens (including phenoxy) is 1. The van der Waals surface area contributed by atoms with Gasteiger partial charge < -0.3 is 15.0 Å². The third-order valence-corrected chi connectivity index (χ3v) is 5.09. The molecule has 0 saturated heterocycles. The number of aryl methyl sites for hydroxylation is 1. The second-order valence-electron chi connectivity index (χ2n) is 8.29. The van der Waals surface area contributed by atoms with Crippen LogP contribution in [-0.2, 0) is 16.1 Å². The van der Waals surface area contributed by atoms with Crippen molar-refractivity contribution < 1.29 is 14.3 Å². The fourth-order valence-electron chi connectivity index (χ4n) is 2.82. The largest absolute Gasteiger partial charge is 0.484 e. The summed E-state index contributed by atoms with van der Waals surface area (Å²) in [6.07, 6.45) is 0. The molecular formula is C23H28Cl2N2O3. The van der Waals surface area contributed by atoms with Gasteiger partial charge in [0.05, 0.1) is 10.0 Å². The Labute approximate surface area is 188 Å². The van der Waals surface area contributed by atoms with E-state index in [0.717, 1.165) is 11.1 Å². The van der Waals surface area contributed by atoms with E-state index in [1.807, 2.05) is 45.9 Å². The Kier molecular flexibility index (Phi) is 8.16. The van der Waals surface area contributed by atoms with E-state index in [9.17, 15) is 9.59 Å². The molecule has 0 aliphatic heterocycles. The number of benzene rings is 2. The number of nitrogens with one attached hydrogen (secondary N) is 1. The minimum atomic E-state index is -0.702. The zero-order valence-electron chi connectivity index (χ0n) is 18.0. The lowest BCUT2D eigenvalue weighted by molar-refractivity contribution is -0.142. The highest BCUT2D eigenvalue weighted by molar-refractivity contribution is 6.42. The first-order valence-electron chi connectivity index (χ1n) is 9.71. The first kappa shape index (κ1) is 24.0. The van der Waals surface area contributed by atoms with Crippen LogP contribution < -0.4 is 10.1 Å². The van der Waals surface area contributed by atoms with Crippen molar-refractivity contribution in [1.82, 2.24) is 10.2 Å². The average Bonchev–Trinajstić information content (AvgIpc) is 2.65. The monoisotopic (exact) mass is 450 g/mol. The topological polar surface area (TPSA) is 58.6 Å². The van der Waals surface area contributed by atoms with Crippen molar-refractivity contribution in [3.8, 4) is 5.75 Å². The fourth-order valence-corrected chi connectivity index (χ4v) is 3.15. The van der Waals surface area contributed by atoms with Crippen molar-refractivity contribution in [3.63, 3.8) is 0 Å². The van der Waals surface area contributed by atoms with Crippen LogP contribution in [0.15, 0.2) is 42.5 Å². The maximum absolute atomic E-state index is 13.0. The zero-order valence-corrected chi connectivity index (χ0v) is 19.5. The Balaban J connectivity index is 2.20. The molecular weight excluding hydrogens is 423 g/mol. The van der Waals surface area contributed by atoms with Crippen LogP contribution in [-0.4, -0.2) is 34.9 Å². The molecule has 0 saturated carbocycles. The Morgan fingerprint density at radius 3 is 2.40 bits per heavy atom. The van der Waals surface area contributed by atoms with E-state index in [2.05, 4.69) is 5.32 Å². The molecule has 7 heteroatoms. The van der Waals surface area contributed by atoms with Gasteiger partial charge in [-0.25, -0.2) is 0 Å². The van der Waals surface area contributed by atoms with Gasteiger partial charge in [-0.2, -0.15) is 0 Å². The lowest BCUT2D eigenvalue weighted by Crippen LogP contribution is -2.53. The summed E-state index contributed by atoms with van der Waals surface area (Å²) in [5.74, 6) is 0.0511. The molecule has 0 aliphatic carbocycles. The first-order chi connectivity index (χ1) is 14.0. The predicted octanol–water partition coefficient (Wildman–Crippen LogP) is 5.01. The molecule has 2 aromatic rings. The van der Waals surface area contributed by atoms with Gasteiger partial charge in [0.1, 0.15) is 11.8 Å². The molecule has 0 heterocycles. The molecule has 2 aromatic carbocycles. The van der Waals surface area contributed by atoms with E-state index in [1.165, 1.54) is 4.90 Å². The molecule has 0 radical (unpaired) electrons. The van der Waals surface area contributed by atoms with E-state index < -0.39 is 11.6 Å². The summed E-state index contributed by atoms with van der Waals surface area (Å²) in [4.78, 5) is 27.3. The third kappa shape index (κ3) is 7.22. The molecule has 0 fully saturated rings. The van der Waals surface area contributed by atoms with E-state index in [-0.39, 0.29) is 25.0 Å². The van der Waals surface area contributed by atoms with Gasteiger partial charge in [-0.3, -0.25) is 9.59 Å². The van der Waals surface area contributed by atoms with Gasteiger partial charge in [-0.15, -0.1) is 0 Å². The molecule has 5 nitrogen and oxygen atoms in total. The standard InChI is InChI=1S/C23H28Cl2N2O3/c1-15-7-6-8-18(11-15)30-14-21(28)27(16(2)22(29)26-23(3,4)5)13-17-9-10-19(24)20(25)12-17/h6-12,16H,13-14H2,1-5H3,(H,26,29)/t16-/m1/s1. The maximum atomic E-state index is 13.0. The number of rotatable bonds is 7. The van der Waals surface area contributed by atoms with Gasteiger partial charge in [0, 0.05) is 12.1 Å². The second-order valence-corrected chi connectivity index (χ2v) is 9.10. The molecule has 0 unspecified atom stereocenters. The van der Waals surface area contributed by atoms with Crippen molar-refractivity contribution in [2.75, 3.05) is 6.61 Å². The van der Waals surface area contributed by atoms with Crippen LogP contribution in [0.2, 0.25) is 10.0 Å². The van der Waals surface area contributed by atoms with Crippen molar-refractivity contribution >= 4 is 35.0 Å². The number of amides is 2. The maximum Gasteiger partial charge on any atom is 0.261 e. The molecule has 30 heavy (non-hydrogen) atoms. The quantitative estimate of drug-likeness (QED) is 0.644. The molecule has 0 aromatic heterocycles. The summed E-state index contributed by atoms with van der Waals surface area (Å²) in [6.45, 7) is 9.34. The van der Waals surface area contributed by atoms with Crippen LogP contribution in [0.1, 0.15) is 38.8 Å². The molecule has 162 valence electrons. The van der Waals surface area contributed by atoms with Gasteiger partial charge in [-0.05, 0) is 70.0 Å². The summed E-state index contributed by atoms with van der Waals surface area (Å²) in [7, 11) is 0. The van der Waals surface area contributed by atoms with Crippen LogP contribution in [0.25, 0.3) is 0 Å². The number of hydrogen-bond acceptors (Lipinski definition) is 3. The highest BCUT2D eigenvalue weighted by Crippen LogP contribution is 2.24. The van der Waals surface area contributed by atoms with E-state index in [4.69, 9.17) is 27.9 Å². The number of hydrogen-bond donors (Lipinski definition) is 1.